The van der Waals surface area contributed by atoms with Crippen molar-refractivity contribution < 1.29 is 4.42 Å². The minimum atomic E-state index is 0.704. The van der Waals surface area contributed by atoms with Crippen molar-refractivity contribution in [3.63, 3.8) is 0 Å². The van der Waals surface area contributed by atoms with E-state index in [1.54, 1.807) is 6.26 Å². The number of anilines is 1. The van der Waals surface area contributed by atoms with E-state index in [1.165, 1.54) is 0 Å². The SMILES string of the molecule is Brc1ccccc1NCc1ccco1. The summed E-state index contributed by atoms with van der Waals surface area (Å²) in [4.78, 5) is 0. The predicted molar refractivity (Wildman–Crippen MR) is 60.2 cm³/mol. The van der Waals surface area contributed by atoms with E-state index < -0.39 is 0 Å². The van der Waals surface area contributed by atoms with Crippen LogP contribution in [0.25, 0.3) is 0 Å². The second kappa shape index (κ2) is 4.33. The van der Waals surface area contributed by atoms with Crippen molar-refractivity contribution in [3.05, 3.63) is 52.9 Å². The number of hydrogen-bond donors (Lipinski definition) is 1. The number of benzene rings is 1. The van der Waals surface area contributed by atoms with Crippen molar-refractivity contribution >= 4 is 21.6 Å². The number of halogens is 1. The zero-order valence-corrected chi connectivity index (χ0v) is 9.12. The Morgan fingerprint density at radius 3 is 2.71 bits per heavy atom. The molecule has 0 amide bonds. The molecule has 0 fully saturated rings. The minimum Gasteiger partial charge on any atom is -0.467 e. The molecule has 0 aliphatic heterocycles. The molecule has 0 unspecified atom stereocenters. The Bertz CT molecular complexity index is 397. The lowest BCUT2D eigenvalue weighted by molar-refractivity contribution is 0.518. The molecule has 1 aromatic carbocycles. The number of rotatable bonds is 3. The first-order valence-corrected chi connectivity index (χ1v) is 5.16. The molecule has 1 aromatic heterocycles. The fourth-order valence-electron chi connectivity index (χ4n) is 1.20. The van der Waals surface area contributed by atoms with Crippen LogP contribution >= 0.6 is 15.9 Å². The molecule has 0 aliphatic carbocycles. The smallest absolute Gasteiger partial charge is 0.122 e. The molecule has 1 heterocycles. The van der Waals surface area contributed by atoms with Crippen LogP contribution in [0, 0.1) is 0 Å². The topological polar surface area (TPSA) is 25.2 Å². The molecule has 0 radical (unpaired) electrons. The molecule has 72 valence electrons. The standard InChI is InChI=1S/C11H10BrNO/c12-10-5-1-2-6-11(10)13-8-9-4-3-7-14-9/h1-7,13H,8H2. The maximum atomic E-state index is 5.22. The second-order valence-corrected chi connectivity index (χ2v) is 3.77. The van der Waals surface area contributed by atoms with Crippen LogP contribution in [0.5, 0.6) is 0 Å². The Labute approximate surface area is 91.1 Å². The zero-order chi connectivity index (χ0) is 9.80. The summed E-state index contributed by atoms with van der Waals surface area (Å²) in [7, 11) is 0. The molecular weight excluding hydrogens is 242 g/mol. The highest BCUT2D eigenvalue weighted by molar-refractivity contribution is 9.10. The van der Waals surface area contributed by atoms with Crippen LogP contribution in [-0.4, -0.2) is 0 Å². The number of furan rings is 1. The third kappa shape index (κ3) is 2.17. The van der Waals surface area contributed by atoms with Gasteiger partial charge in [-0.2, -0.15) is 0 Å². The van der Waals surface area contributed by atoms with Crippen LogP contribution in [0.1, 0.15) is 5.76 Å². The maximum absolute atomic E-state index is 5.22. The van der Waals surface area contributed by atoms with E-state index in [0.29, 0.717) is 6.54 Å². The Morgan fingerprint density at radius 1 is 1.14 bits per heavy atom. The maximum Gasteiger partial charge on any atom is 0.122 e. The molecule has 2 aromatic rings. The number of nitrogens with one attached hydrogen (secondary N) is 1. The fourth-order valence-corrected chi connectivity index (χ4v) is 1.63. The van der Waals surface area contributed by atoms with Crippen LogP contribution < -0.4 is 5.32 Å². The normalized spacial score (nSPS) is 10.1. The van der Waals surface area contributed by atoms with Crippen molar-refractivity contribution in [1.29, 1.82) is 0 Å². The first-order chi connectivity index (χ1) is 6.86. The molecule has 14 heavy (non-hydrogen) atoms. The minimum absolute atomic E-state index is 0.704. The molecule has 0 atom stereocenters. The average Bonchev–Trinajstić information content (AvgIpc) is 2.69. The molecule has 3 heteroatoms. The first kappa shape index (κ1) is 9.34. The third-order valence-corrected chi connectivity index (χ3v) is 2.60. The van der Waals surface area contributed by atoms with Crippen molar-refractivity contribution in [2.75, 3.05) is 5.32 Å². The second-order valence-electron chi connectivity index (χ2n) is 2.91. The van der Waals surface area contributed by atoms with Gasteiger partial charge in [-0.15, -0.1) is 0 Å². The predicted octanol–water partition coefficient (Wildman–Crippen LogP) is 3.65. The van der Waals surface area contributed by atoms with Crippen LogP contribution in [0.4, 0.5) is 5.69 Å². The average molecular weight is 252 g/mol. The van der Waals surface area contributed by atoms with Gasteiger partial charge in [-0.25, -0.2) is 0 Å². The van der Waals surface area contributed by atoms with Crippen LogP contribution in [0.2, 0.25) is 0 Å². The van der Waals surface area contributed by atoms with E-state index in [1.807, 2.05) is 36.4 Å². The van der Waals surface area contributed by atoms with Crippen molar-refractivity contribution in [3.8, 4) is 0 Å². The van der Waals surface area contributed by atoms with E-state index in [4.69, 9.17) is 4.42 Å². The lowest BCUT2D eigenvalue weighted by Crippen LogP contribution is -1.98. The van der Waals surface area contributed by atoms with Gasteiger partial charge in [-0.05, 0) is 40.2 Å². The lowest BCUT2D eigenvalue weighted by Gasteiger charge is -2.05. The summed E-state index contributed by atoms with van der Waals surface area (Å²) in [6, 6.07) is 11.8. The summed E-state index contributed by atoms with van der Waals surface area (Å²) in [6.07, 6.45) is 1.68. The highest BCUT2D eigenvalue weighted by Gasteiger charge is 1.98. The van der Waals surface area contributed by atoms with Gasteiger partial charge in [0.2, 0.25) is 0 Å². The molecule has 0 aliphatic rings. The van der Waals surface area contributed by atoms with Gasteiger partial charge in [0.1, 0.15) is 5.76 Å². The highest BCUT2D eigenvalue weighted by atomic mass is 79.9. The van der Waals surface area contributed by atoms with Crippen LogP contribution in [-0.2, 0) is 6.54 Å². The first-order valence-electron chi connectivity index (χ1n) is 4.37. The molecule has 2 nitrogen and oxygen atoms in total. The lowest BCUT2D eigenvalue weighted by atomic mass is 10.3. The molecule has 2 rings (SSSR count). The fraction of sp³-hybridized carbons (Fsp3) is 0.0909. The summed E-state index contributed by atoms with van der Waals surface area (Å²) in [5.74, 6) is 0.931. The van der Waals surface area contributed by atoms with E-state index in [0.717, 1.165) is 15.9 Å². The van der Waals surface area contributed by atoms with Gasteiger partial charge >= 0.3 is 0 Å². The molecular formula is C11H10BrNO. The quantitative estimate of drug-likeness (QED) is 0.901. The van der Waals surface area contributed by atoms with Crippen molar-refractivity contribution in [1.82, 2.24) is 0 Å². The van der Waals surface area contributed by atoms with Crippen LogP contribution in [0.3, 0.4) is 0 Å². The Hall–Kier alpha value is -1.22. The van der Waals surface area contributed by atoms with Crippen molar-refractivity contribution in [2.45, 2.75) is 6.54 Å². The van der Waals surface area contributed by atoms with Gasteiger partial charge in [-0.3, -0.25) is 0 Å². The van der Waals surface area contributed by atoms with Crippen molar-refractivity contribution in [2.24, 2.45) is 0 Å². The Morgan fingerprint density at radius 2 is 2.00 bits per heavy atom. The van der Waals surface area contributed by atoms with E-state index >= 15 is 0 Å². The summed E-state index contributed by atoms with van der Waals surface area (Å²) in [6.45, 7) is 0.704. The van der Waals surface area contributed by atoms with Gasteiger partial charge in [0, 0.05) is 10.2 Å². The molecule has 1 N–H and O–H groups in total. The largest absolute Gasteiger partial charge is 0.467 e. The molecule has 0 spiro atoms. The summed E-state index contributed by atoms with van der Waals surface area (Å²) >= 11 is 3.47. The highest BCUT2D eigenvalue weighted by Crippen LogP contribution is 2.21. The molecule has 0 bridgehead atoms. The monoisotopic (exact) mass is 251 g/mol. The van der Waals surface area contributed by atoms with E-state index in [-0.39, 0.29) is 0 Å². The number of para-hydroxylation sites is 1. The summed E-state index contributed by atoms with van der Waals surface area (Å²) < 4.78 is 6.28. The van der Waals surface area contributed by atoms with Gasteiger partial charge < -0.3 is 9.73 Å². The van der Waals surface area contributed by atoms with E-state index in [9.17, 15) is 0 Å². The number of hydrogen-bond acceptors (Lipinski definition) is 2. The Balaban J connectivity index is 2.02. The van der Waals surface area contributed by atoms with Crippen LogP contribution in [0.15, 0.2) is 51.6 Å². The summed E-state index contributed by atoms with van der Waals surface area (Å²) in [5, 5.41) is 3.27. The Kier molecular flexibility index (Phi) is 2.89. The molecule has 0 saturated carbocycles. The molecule has 0 saturated heterocycles. The zero-order valence-electron chi connectivity index (χ0n) is 7.53. The van der Waals surface area contributed by atoms with Gasteiger partial charge in [0.25, 0.3) is 0 Å². The van der Waals surface area contributed by atoms with Gasteiger partial charge in [0.05, 0.1) is 12.8 Å². The van der Waals surface area contributed by atoms with Gasteiger partial charge in [0.15, 0.2) is 0 Å². The van der Waals surface area contributed by atoms with Gasteiger partial charge in [-0.1, -0.05) is 12.1 Å². The summed E-state index contributed by atoms with van der Waals surface area (Å²) in [5.41, 5.74) is 1.07. The third-order valence-electron chi connectivity index (χ3n) is 1.91. The van der Waals surface area contributed by atoms with E-state index in [2.05, 4.69) is 21.2 Å².